The number of hydrogen-bond acceptors (Lipinski definition) is 3. The quantitative estimate of drug-likeness (QED) is 0.381. The van der Waals surface area contributed by atoms with E-state index in [0.29, 0.717) is 5.56 Å². The van der Waals surface area contributed by atoms with Gasteiger partial charge in [0.2, 0.25) is 0 Å². The Morgan fingerprint density at radius 3 is 1.93 bits per heavy atom. The van der Waals surface area contributed by atoms with E-state index in [-0.39, 0.29) is 11.7 Å². The molecule has 0 heterocycles. The lowest BCUT2D eigenvalue weighted by atomic mass is 9.82. The van der Waals surface area contributed by atoms with Gasteiger partial charge in [0, 0.05) is 11.5 Å². The molecule has 0 aliphatic carbocycles. The molecule has 0 atom stereocenters. The number of phenols is 1. The van der Waals surface area contributed by atoms with Crippen LogP contribution in [0.3, 0.4) is 0 Å². The zero-order chi connectivity index (χ0) is 19.5. The molecule has 0 amide bonds. The van der Waals surface area contributed by atoms with Gasteiger partial charge in [-0.3, -0.25) is 0 Å². The monoisotopic (exact) mass is 368 g/mol. The molecule has 0 bridgehead atoms. The van der Waals surface area contributed by atoms with Crippen molar-refractivity contribution in [1.82, 2.24) is 0 Å². The normalized spacial score (nSPS) is 10.9. The Balaban J connectivity index is 2.04. The molecule has 0 aliphatic rings. The lowest BCUT2D eigenvalue weighted by molar-refractivity contribution is 0.0603. The maximum atomic E-state index is 12.2. The molecule has 1 N–H and O–H groups in total. The van der Waals surface area contributed by atoms with Gasteiger partial charge in [-0.25, -0.2) is 4.79 Å². The number of fused-ring (bicyclic) bond motifs is 1. The molecule has 138 valence electrons. The van der Waals surface area contributed by atoms with E-state index in [1.807, 2.05) is 48.5 Å². The molecule has 3 heteroatoms. The van der Waals surface area contributed by atoms with Gasteiger partial charge in [0.25, 0.3) is 0 Å². The van der Waals surface area contributed by atoms with E-state index in [1.165, 1.54) is 7.11 Å². The second-order valence-corrected chi connectivity index (χ2v) is 6.65. The Hall–Kier alpha value is -3.59. The average Bonchev–Trinajstić information content (AvgIpc) is 2.76. The van der Waals surface area contributed by atoms with Gasteiger partial charge < -0.3 is 9.84 Å². The fourth-order valence-corrected chi connectivity index (χ4v) is 3.78. The third-order valence-electron chi connectivity index (χ3n) is 5.04. The minimum atomic E-state index is -0.391. The van der Waals surface area contributed by atoms with Crippen LogP contribution in [0, 0.1) is 0 Å². The number of aromatic hydroxyl groups is 1. The number of rotatable bonds is 4. The van der Waals surface area contributed by atoms with Crippen LogP contribution in [-0.4, -0.2) is 18.2 Å². The van der Waals surface area contributed by atoms with Crippen LogP contribution in [0.25, 0.3) is 10.8 Å². The van der Waals surface area contributed by atoms with Gasteiger partial charge in [-0.2, -0.15) is 0 Å². The van der Waals surface area contributed by atoms with Gasteiger partial charge in [0.15, 0.2) is 0 Å². The van der Waals surface area contributed by atoms with E-state index >= 15 is 0 Å². The second-order valence-electron chi connectivity index (χ2n) is 6.65. The van der Waals surface area contributed by atoms with Crippen molar-refractivity contribution < 1.29 is 14.6 Å². The zero-order valence-corrected chi connectivity index (χ0v) is 15.5. The highest BCUT2D eigenvalue weighted by Crippen LogP contribution is 2.41. The molecule has 0 saturated heterocycles. The number of methoxy groups -OCH3 is 1. The first-order valence-corrected chi connectivity index (χ1v) is 9.13. The predicted octanol–water partition coefficient (Wildman–Crippen LogP) is 5.51. The van der Waals surface area contributed by atoms with Crippen LogP contribution < -0.4 is 0 Å². The molecule has 0 saturated carbocycles. The molecule has 0 unspecified atom stereocenters. The molecule has 28 heavy (non-hydrogen) atoms. The summed E-state index contributed by atoms with van der Waals surface area (Å²) in [5.41, 5.74) is 3.40. The van der Waals surface area contributed by atoms with E-state index in [2.05, 4.69) is 24.3 Å². The summed E-state index contributed by atoms with van der Waals surface area (Å²) in [6.07, 6.45) is 0. The third-order valence-corrected chi connectivity index (χ3v) is 5.04. The van der Waals surface area contributed by atoms with Gasteiger partial charge in [-0.1, -0.05) is 72.8 Å². The minimum absolute atomic E-state index is 0.168. The maximum Gasteiger partial charge on any atom is 0.338 e. The summed E-state index contributed by atoms with van der Waals surface area (Å²) in [6.45, 7) is 0. The summed E-state index contributed by atoms with van der Waals surface area (Å²) >= 11 is 0. The number of carbonyl (C=O) groups excluding carboxylic acids is 1. The fourth-order valence-electron chi connectivity index (χ4n) is 3.78. The number of benzene rings is 4. The molecular formula is C25H20O3. The summed E-state index contributed by atoms with van der Waals surface area (Å²) in [7, 11) is 1.37. The van der Waals surface area contributed by atoms with Crippen LogP contribution in [0.2, 0.25) is 0 Å². The van der Waals surface area contributed by atoms with Crippen molar-refractivity contribution in [3.05, 3.63) is 113 Å². The molecule has 0 spiro atoms. The first-order chi connectivity index (χ1) is 13.7. The molecule has 3 nitrogen and oxygen atoms in total. The third kappa shape index (κ3) is 3.12. The highest BCUT2D eigenvalue weighted by molar-refractivity contribution is 6.06. The van der Waals surface area contributed by atoms with Crippen molar-refractivity contribution in [3.8, 4) is 5.75 Å². The van der Waals surface area contributed by atoms with Crippen LogP contribution >= 0.6 is 0 Å². The molecule has 0 aromatic heterocycles. The van der Waals surface area contributed by atoms with Crippen molar-refractivity contribution in [1.29, 1.82) is 0 Å². The van der Waals surface area contributed by atoms with Gasteiger partial charge in [-0.15, -0.1) is 0 Å². The van der Waals surface area contributed by atoms with Crippen LogP contribution in [0.4, 0.5) is 0 Å². The topological polar surface area (TPSA) is 46.5 Å². The second kappa shape index (κ2) is 7.57. The van der Waals surface area contributed by atoms with E-state index in [4.69, 9.17) is 4.74 Å². The van der Waals surface area contributed by atoms with Crippen LogP contribution in [0.15, 0.2) is 91.0 Å². The Morgan fingerprint density at radius 1 is 0.750 bits per heavy atom. The highest BCUT2D eigenvalue weighted by Gasteiger charge is 2.23. The Labute approximate surface area is 163 Å². The molecule has 0 radical (unpaired) electrons. The van der Waals surface area contributed by atoms with Crippen molar-refractivity contribution in [2.45, 2.75) is 5.92 Å². The number of carbonyl (C=O) groups is 1. The predicted molar refractivity (Wildman–Crippen MR) is 111 cm³/mol. The Bertz CT molecular complexity index is 1080. The van der Waals surface area contributed by atoms with E-state index < -0.39 is 5.97 Å². The first kappa shape index (κ1) is 17.8. The van der Waals surface area contributed by atoms with Crippen LogP contribution in [-0.2, 0) is 4.74 Å². The average molecular weight is 368 g/mol. The minimum Gasteiger partial charge on any atom is -0.508 e. The number of esters is 1. The van der Waals surface area contributed by atoms with E-state index in [1.54, 1.807) is 18.2 Å². The van der Waals surface area contributed by atoms with E-state index in [9.17, 15) is 9.90 Å². The highest BCUT2D eigenvalue weighted by atomic mass is 16.5. The van der Waals surface area contributed by atoms with Gasteiger partial charge in [0.1, 0.15) is 5.75 Å². The number of ether oxygens (including phenoxy) is 1. The SMILES string of the molecule is COC(=O)c1cccc2c(C(c3ccccc3)c3ccccc3)c(O)ccc12. The lowest BCUT2D eigenvalue weighted by Gasteiger charge is -2.22. The summed E-state index contributed by atoms with van der Waals surface area (Å²) < 4.78 is 4.94. The summed E-state index contributed by atoms with van der Waals surface area (Å²) in [4.78, 5) is 12.2. The van der Waals surface area contributed by atoms with Crippen molar-refractivity contribution in [2.75, 3.05) is 7.11 Å². The molecule has 4 aromatic rings. The van der Waals surface area contributed by atoms with Crippen molar-refractivity contribution in [3.63, 3.8) is 0 Å². The van der Waals surface area contributed by atoms with Crippen molar-refractivity contribution >= 4 is 16.7 Å². The van der Waals surface area contributed by atoms with Gasteiger partial charge >= 0.3 is 5.97 Å². The Kier molecular flexibility index (Phi) is 4.81. The smallest absolute Gasteiger partial charge is 0.338 e. The standard InChI is InChI=1S/C25H20O3/c1-28-25(27)21-14-8-13-20-19(21)15-16-22(26)24(20)23(17-9-4-2-5-10-17)18-11-6-3-7-12-18/h2-16,23,26H,1H3. The van der Waals surface area contributed by atoms with Crippen LogP contribution in [0.5, 0.6) is 5.75 Å². The number of hydrogen-bond donors (Lipinski definition) is 1. The lowest BCUT2D eigenvalue weighted by Crippen LogP contribution is -2.07. The summed E-state index contributed by atoms with van der Waals surface area (Å²) in [6, 6.07) is 29.1. The van der Waals surface area contributed by atoms with E-state index in [0.717, 1.165) is 27.5 Å². The fraction of sp³-hybridized carbons (Fsp3) is 0.0800. The Morgan fingerprint density at radius 2 is 1.36 bits per heavy atom. The summed E-state index contributed by atoms with van der Waals surface area (Å²) in [5, 5.41) is 12.5. The largest absolute Gasteiger partial charge is 0.508 e. The molecule has 0 aliphatic heterocycles. The molecular weight excluding hydrogens is 348 g/mol. The first-order valence-electron chi connectivity index (χ1n) is 9.13. The number of phenolic OH excluding ortho intramolecular Hbond substituents is 1. The maximum absolute atomic E-state index is 12.2. The molecule has 4 aromatic carbocycles. The van der Waals surface area contributed by atoms with Crippen LogP contribution in [0.1, 0.15) is 33.0 Å². The van der Waals surface area contributed by atoms with Crippen molar-refractivity contribution in [2.24, 2.45) is 0 Å². The zero-order valence-electron chi connectivity index (χ0n) is 15.5. The van der Waals surface area contributed by atoms with Gasteiger partial charge in [-0.05, 0) is 40.1 Å². The van der Waals surface area contributed by atoms with Gasteiger partial charge in [0.05, 0.1) is 12.7 Å². The molecule has 4 rings (SSSR count). The molecule has 0 fully saturated rings. The summed E-state index contributed by atoms with van der Waals surface area (Å²) in [5.74, 6) is -0.357.